The van der Waals surface area contributed by atoms with E-state index in [-0.39, 0.29) is 0 Å². The Labute approximate surface area is 195 Å². The smallest absolute Gasteiger partial charge is 0.229 e. The minimum absolute atomic E-state index is 0.372. The molecule has 0 radical (unpaired) electrons. The monoisotopic (exact) mass is 461 g/mol. The van der Waals surface area contributed by atoms with E-state index in [1.165, 1.54) is 0 Å². The van der Waals surface area contributed by atoms with Crippen molar-refractivity contribution >= 4 is 21.8 Å². The minimum atomic E-state index is -1.19. The van der Waals surface area contributed by atoms with E-state index in [4.69, 9.17) is 9.72 Å². The van der Waals surface area contributed by atoms with Gasteiger partial charge in [-0.15, -0.1) is 0 Å². The molecule has 0 bridgehead atoms. The van der Waals surface area contributed by atoms with Gasteiger partial charge in [-0.25, -0.2) is 9.97 Å². The number of pyridine rings is 2. The van der Waals surface area contributed by atoms with Crippen molar-refractivity contribution in [2.45, 2.75) is 65.8 Å². The molecule has 32 heavy (non-hydrogen) atoms. The first-order valence-corrected chi connectivity index (χ1v) is 12.6. The maximum absolute atomic E-state index is 12.2. The van der Waals surface area contributed by atoms with Gasteiger partial charge in [0.2, 0.25) is 5.88 Å². The normalized spacial score (nSPS) is 11.5. The van der Waals surface area contributed by atoms with Crippen LogP contribution in [0.5, 0.6) is 5.88 Å². The summed E-state index contributed by atoms with van der Waals surface area (Å²) in [5.41, 5.74) is 7.10. The Kier molecular flexibility index (Phi) is 11.0. The van der Waals surface area contributed by atoms with Gasteiger partial charge in [-0.1, -0.05) is 20.8 Å². The van der Waals surface area contributed by atoms with E-state index < -0.39 is 10.8 Å². The molecule has 0 aliphatic heterocycles. The minimum Gasteiger partial charge on any atom is -0.480 e. The lowest BCUT2D eigenvalue weighted by molar-refractivity contribution is 0.277. The number of hydrogen-bond donors (Lipinski definition) is 0. The Balaban J connectivity index is 0.000000944. The molecular formula is C25H39N3O3S. The van der Waals surface area contributed by atoms with E-state index in [0.717, 1.165) is 45.5 Å². The largest absolute Gasteiger partial charge is 0.480 e. The van der Waals surface area contributed by atoms with Gasteiger partial charge < -0.3 is 14.0 Å². The number of rotatable bonds is 5. The van der Waals surface area contributed by atoms with Crippen molar-refractivity contribution in [3.05, 3.63) is 35.2 Å². The summed E-state index contributed by atoms with van der Waals surface area (Å²) >= 11 is 0. The Bertz CT molecular complexity index is 1060. The van der Waals surface area contributed by atoms with Gasteiger partial charge in [0.1, 0.15) is 4.90 Å². The number of nitrogens with zero attached hydrogens (tertiary/aromatic N) is 3. The van der Waals surface area contributed by atoms with Crippen molar-refractivity contribution in [2.75, 3.05) is 27.6 Å². The molecule has 0 aromatic carbocycles. The summed E-state index contributed by atoms with van der Waals surface area (Å²) in [5, 5.41) is 0. The Morgan fingerprint density at radius 2 is 1.66 bits per heavy atom. The second-order valence-electron chi connectivity index (χ2n) is 7.54. The molecular weight excluding hydrogens is 422 g/mol. The lowest BCUT2D eigenvalue weighted by Gasteiger charge is -2.15. The third-order valence-corrected chi connectivity index (χ3v) is 5.77. The fourth-order valence-corrected chi connectivity index (χ4v) is 4.12. The van der Waals surface area contributed by atoms with Gasteiger partial charge in [0.05, 0.1) is 40.3 Å². The maximum Gasteiger partial charge on any atom is 0.229 e. The van der Waals surface area contributed by atoms with Crippen molar-refractivity contribution in [3.8, 4) is 17.1 Å². The summed E-state index contributed by atoms with van der Waals surface area (Å²) < 4.78 is 24.1. The topological polar surface area (TPSA) is 66.2 Å². The van der Waals surface area contributed by atoms with Crippen LogP contribution in [0.25, 0.3) is 22.3 Å². The highest BCUT2D eigenvalue weighted by atomic mass is 32.2. The van der Waals surface area contributed by atoms with Gasteiger partial charge in [0.25, 0.3) is 0 Å². The van der Waals surface area contributed by atoms with E-state index in [0.29, 0.717) is 16.8 Å². The van der Waals surface area contributed by atoms with Crippen LogP contribution in [0.1, 0.15) is 57.5 Å². The summed E-state index contributed by atoms with van der Waals surface area (Å²) in [6.45, 7) is 14.6. The predicted octanol–water partition coefficient (Wildman–Crippen LogP) is 5.89. The maximum atomic E-state index is 12.2. The van der Waals surface area contributed by atoms with Crippen LogP contribution >= 0.6 is 0 Å². The number of ether oxygens (including phenoxy) is 2. The van der Waals surface area contributed by atoms with Gasteiger partial charge in [-0.05, 0) is 57.4 Å². The fourth-order valence-electron chi connectivity index (χ4n) is 3.47. The third kappa shape index (κ3) is 5.95. The van der Waals surface area contributed by atoms with E-state index in [1.807, 2.05) is 19.9 Å². The summed E-state index contributed by atoms with van der Waals surface area (Å²) in [6, 6.07) is 4.49. The SMILES string of the molecule is CC.CCc1nc(OC)c(S(C)=O)cc1-c1nc2c(C)cn(C(C)C)c2cc1C.COC. The molecule has 7 heteroatoms. The first kappa shape index (κ1) is 27.8. The Morgan fingerprint density at radius 3 is 2.12 bits per heavy atom. The van der Waals surface area contributed by atoms with Gasteiger partial charge >= 0.3 is 0 Å². The highest BCUT2D eigenvalue weighted by Crippen LogP contribution is 2.34. The van der Waals surface area contributed by atoms with Crippen LogP contribution < -0.4 is 4.74 Å². The van der Waals surface area contributed by atoms with Gasteiger partial charge in [0, 0.05) is 38.3 Å². The third-order valence-electron chi connectivity index (χ3n) is 4.86. The molecule has 178 valence electrons. The fraction of sp³-hybridized carbons (Fsp3) is 0.520. The van der Waals surface area contributed by atoms with Crippen molar-refractivity contribution in [3.63, 3.8) is 0 Å². The number of aryl methyl sites for hydroxylation is 3. The highest BCUT2D eigenvalue weighted by Gasteiger charge is 2.19. The highest BCUT2D eigenvalue weighted by molar-refractivity contribution is 7.84. The van der Waals surface area contributed by atoms with Crippen LogP contribution in [-0.4, -0.2) is 46.3 Å². The van der Waals surface area contributed by atoms with Crippen molar-refractivity contribution in [1.82, 2.24) is 14.5 Å². The van der Waals surface area contributed by atoms with E-state index >= 15 is 0 Å². The number of aromatic nitrogens is 3. The molecule has 0 N–H and O–H groups in total. The van der Waals surface area contributed by atoms with Crippen LogP contribution in [0.15, 0.2) is 23.2 Å². The van der Waals surface area contributed by atoms with Crippen LogP contribution in [-0.2, 0) is 22.0 Å². The molecule has 0 saturated carbocycles. The molecule has 0 fully saturated rings. The molecule has 1 unspecified atom stereocenters. The zero-order valence-electron chi connectivity index (χ0n) is 21.5. The molecule has 1 atom stereocenters. The summed E-state index contributed by atoms with van der Waals surface area (Å²) in [6.07, 6.45) is 4.55. The standard InChI is InChI=1S/C21H27N3O2S.C2H6O.C2H6/c1-8-16-15(10-18(27(7)25)21(22-16)26-6)19-13(4)9-17-20(23-19)14(5)11-24(17)12(2)3;1-3-2;1-2/h9-12H,8H2,1-7H3;1-2H3;1-2H3. The average molecular weight is 462 g/mol. The molecule has 3 aromatic heterocycles. The van der Waals surface area contributed by atoms with Crippen molar-refractivity contribution < 1.29 is 13.7 Å². The molecule has 3 rings (SSSR count). The zero-order chi connectivity index (χ0) is 24.6. The van der Waals surface area contributed by atoms with E-state index in [9.17, 15) is 4.21 Å². The molecule has 0 aliphatic carbocycles. The number of methoxy groups -OCH3 is 2. The summed E-state index contributed by atoms with van der Waals surface area (Å²) in [7, 11) is 3.62. The molecule has 0 spiro atoms. The first-order valence-electron chi connectivity index (χ1n) is 11.0. The average Bonchev–Trinajstić information content (AvgIpc) is 3.09. The van der Waals surface area contributed by atoms with E-state index in [2.05, 4.69) is 61.2 Å². The van der Waals surface area contributed by atoms with Crippen molar-refractivity contribution in [2.24, 2.45) is 0 Å². The molecule has 6 nitrogen and oxygen atoms in total. The molecule has 0 saturated heterocycles. The molecule has 0 amide bonds. The van der Waals surface area contributed by atoms with Gasteiger partial charge in [0.15, 0.2) is 0 Å². The summed E-state index contributed by atoms with van der Waals surface area (Å²) in [4.78, 5) is 10.2. The summed E-state index contributed by atoms with van der Waals surface area (Å²) in [5.74, 6) is 0.428. The Hall–Kier alpha value is -2.25. The number of fused-ring (bicyclic) bond motifs is 1. The van der Waals surface area contributed by atoms with Gasteiger partial charge in [-0.2, -0.15) is 0 Å². The lowest BCUT2D eigenvalue weighted by atomic mass is 10.0. The lowest BCUT2D eigenvalue weighted by Crippen LogP contribution is -2.04. The first-order chi connectivity index (χ1) is 15.2. The molecule has 3 heterocycles. The van der Waals surface area contributed by atoms with E-state index in [1.54, 1.807) is 27.6 Å². The van der Waals surface area contributed by atoms with Crippen LogP contribution in [0.3, 0.4) is 0 Å². The molecule has 0 aliphatic rings. The second kappa shape index (κ2) is 12.7. The van der Waals surface area contributed by atoms with Crippen molar-refractivity contribution in [1.29, 1.82) is 0 Å². The number of hydrogen-bond acceptors (Lipinski definition) is 5. The van der Waals surface area contributed by atoms with Gasteiger partial charge in [-0.3, -0.25) is 4.21 Å². The van der Waals surface area contributed by atoms with Crippen LogP contribution in [0, 0.1) is 13.8 Å². The second-order valence-corrected chi connectivity index (χ2v) is 8.89. The Morgan fingerprint density at radius 1 is 1.06 bits per heavy atom. The zero-order valence-corrected chi connectivity index (χ0v) is 22.3. The predicted molar refractivity (Wildman–Crippen MR) is 135 cm³/mol. The quantitative estimate of drug-likeness (QED) is 0.474. The molecule has 3 aromatic rings. The van der Waals surface area contributed by atoms with Crippen LogP contribution in [0.4, 0.5) is 0 Å². The van der Waals surface area contributed by atoms with Crippen LogP contribution in [0.2, 0.25) is 0 Å².